The number of unbranched alkanes of at least 4 members (excludes halogenated alkanes) is 7. The van der Waals surface area contributed by atoms with Crippen LogP contribution in [0.25, 0.3) is 0 Å². The number of benzene rings is 1. The van der Waals surface area contributed by atoms with Crippen molar-refractivity contribution in [1.29, 1.82) is 0 Å². The first-order valence-electron chi connectivity index (χ1n) is 7.84. The van der Waals surface area contributed by atoms with Crippen molar-refractivity contribution >= 4 is 11.4 Å². The van der Waals surface area contributed by atoms with E-state index < -0.39 is 0 Å². The molecule has 1 aromatic carbocycles. The highest BCUT2D eigenvalue weighted by molar-refractivity contribution is 5.58. The Labute approximate surface area is 118 Å². The van der Waals surface area contributed by atoms with Crippen LogP contribution in [-0.2, 0) is 0 Å². The molecule has 19 heavy (non-hydrogen) atoms. The van der Waals surface area contributed by atoms with Crippen molar-refractivity contribution in [2.24, 2.45) is 0 Å². The smallest absolute Gasteiger partial charge is 0.0364 e. The maximum Gasteiger partial charge on any atom is 0.0364 e. The third-order valence-electron chi connectivity index (χ3n) is 3.64. The van der Waals surface area contributed by atoms with E-state index in [4.69, 9.17) is 5.73 Å². The minimum Gasteiger partial charge on any atom is -0.398 e. The Kier molecular flexibility index (Phi) is 8.11. The van der Waals surface area contributed by atoms with Gasteiger partial charge in [0.1, 0.15) is 0 Å². The molecule has 0 spiro atoms. The first-order chi connectivity index (χ1) is 9.24. The van der Waals surface area contributed by atoms with Gasteiger partial charge in [0.25, 0.3) is 0 Å². The van der Waals surface area contributed by atoms with Crippen LogP contribution in [-0.4, -0.2) is 6.54 Å². The predicted molar refractivity (Wildman–Crippen MR) is 86.7 cm³/mol. The Morgan fingerprint density at radius 2 is 1.58 bits per heavy atom. The van der Waals surface area contributed by atoms with Gasteiger partial charge in [-0.05, 0) is 31.0 Å². The van der Waals surface area contributed by atoms with Gasteiger partial charge in [-0.2, -0.15) is 0 Å². The fraction of sp³-hybridized carbons (Fsp3) is 0.647. The SMILES string of the molecule is CCCCCCCCCCNc1ccc(C)c(N)c1. The number of hydrogen-bond donors (Lipinski definition) is 2. The second-order valence-electron chi connectivity index (χ2n) is 5.47. The zero-order valence-corrected chi connectivity index (χ0v) is 12.7. The van der Waals surface area contributed by atoms with Gasteiger partial charge in [0.2, 0.25) is 0 Å². The molecule has 3 N–H and O–H groups in total. The van der Waals surface area contributed by atoms with Crippen LogP contribution >= 0.6 is 0 Å². The van der Waals surface area contributed by atoms with E-state index in [1.807, 2.05) is 13.0 Å². The van der Waals surface area contributed by atoms with Gasteiger partial charge < -0.3 is 11.1 Å². The van der Waals surface area contributed by atoms with E-state index in [9.17, 15) is 0 Å². The van der Waals surface area contributed by atoms with E-state index in [-0.39, 0.29) is 0 Å². The largest absolute Gasteiger partial charge is 0.398 e. The molecular weight excluding hydrogens is 232 g/mol. The molecule has 0 aromatic heterocycles. The molecule has 0 saturated heterocycles. The van der Waals surface area contributed by atoms with Crippen LogP contribution in [0.1, 0.15) is 63.9 Å². The first-order valence-corrected chi connectivity index (χ1v) is 7.84. The third kappa shape index (κ3) is 7.09. The maximum atomic E-state index is 5.89. The van der Waals surface area contributed by atoms with E-state index in [2.05, 4.69) is 24.4 Å². The van der Waals surface area contributed by atoms with Gasteiger partial charge in [-0.3, -0.25) is 0 Å². The molecule has 1 aromatic rings. The van der Waals surface area contributed by atoms with Gasteiger partial charge in [-0.1, -0.05) is 57.9 Å². The summed E-state index contributed by atoms with van der Waals surface area (Å²) in [4.78, 5) is 0. The molecule has 0 amide bonds. The zero-order valence-electron chi connectivity index (χ0n) is 12.7. The Bertz CT molecular complexity index is 347. The van der Waals surface area contributed by atoms with Crippen molar-refractivity contribution in [2.45, 2.75) is 65.2 Å². The van der Waals surface area contributed by atoms with Crippen LogP contribution in [0.5, 0.6) is 0 Å². The van der Waals surface area contributed by atoms with Crippen molar-refractivity contribution in [1.82, 2.24) is 0 Å². The highest BCUT2D eigenvalue weighted by Crippen LogP contribution is 2.17. The topological polar surface area (TPSA) is 38.0 Å². The fourth-order valence-corrected chi connectivity index (χ4v) is 2.24. The molecule has 2 nitrogen and oxygen atoms in total. The number of nitrogen functional groups attached to an aromatic ring is 1. The molecule has 0 bridgehead atoms. The van der Waals surface area contributed by atoms with Crippen molar-refractivity contribution in [3.63, 3.8) is 0 Å². The average Bonchev–Trinajstić information content (AvgIpc) is 2.41. The quantitative estimate of drug-likeness (QED) is 0.453. The van der Waals surface area contributed by atoms with E-state index in [0.29, 0.717) is 0 Å². The number of anilines is 2. The monoisotopic (exact) mass is 262 g/mol. The van der Waals surface area contributed by atoms with Gasteiger partial charge >= 0.3 is 0 Å². The average molecular weight is 262 g/mol. The summed E-state index contributed by atoms with van der Waals surface area (Å²) in [6.07, 6.45) is 10.9. The lowest BCUT2D eigenvalue weighted by Crippen LogP contribution is -2.02. The first kappa shape index (κ1) is 15.9. The Morgan fingerprint density at radius 1 is 0.947 bits per heavy atom. The molecule has 108 valence electrons. The van der Waals surface area contributed by atoms with Gasteiger partial charge in [-0.15, -0.1) is 0 Å². The highest BCUT2D eigenvalue weighted by Gasteiger charge is 1.96. The molecule has 0 aliphatic carbocycles. The summed E-state index contributed by atoms with van der Waals surface area (Å²) >= 11 is 0. The minimum absolute atomic E-state index is 0.876. The third-order valence-corrected chi connectivity index (χ3v) is 3.64. The summed E-state index contributed by atoms with van der Waals surface area (Å²) in [6, 6.07) is 6.21. The number of aryl methyl sites for hydroxylation is 1. The van der Waals surface area contributed by atoms with Gasteiger partial charge in [0.15, 0.2) is 0 Å². The van der Waals surface area contributed by atoms with Crippen molar-refractivity contribution in [3.8, 4) is 0 Å². The van der Waals surface area contributed by atoms with Crippen LogP contribution < -0.4 is 11.1 Å². The zero-order chi connectivity index (χ0) is 13.9. The number of hydrogen-bond acceptors (Lipinski definition) is 2. The van der Waals surface area contributed by atoms with Crippen LogP contribution in [0.4, 0.5) is 11.4 Å². The summed E-state index contributed by atoms with van der Waals surface area (Å²) in [7, 11) is 0. The molecule has 0 saturated carbocycles. The van der Waals surface area contributed by atoms with Gasteiger partial charge in [-0.25, -0.2) is 0 Å². The summed E-state index contributed by atoms with van der Waals surface area (Å²) in [5, 5.41) is 3.44. The normalized spacial score (nSPS) is 10.6. The molecule has 0 aliphatic heterocycles. The lowest BCUT2D eigenvalue weighted by molar-refractivity contribution is 0.581. The van der Waals surface area contributed by atoms with Crippen molar-refractivity contribution in [2.75, 3.05) is 17.6 Å². The molecule has 0 radical (unpaired) electrons. The van der Waals surface area contributed by atoms with Crippen LogP contribution in [0.15, 0.2) is 18.2 Å². The molecule has 2 heteroatoms. The summed E-state index contributed by atoms with van der Waals surface area (Å²) in [5.41, 5.74) is 9.06. The standard InChI is InChI=1S/C17H30N2/c1-3-4-5-6-7-8-9-10-13-19-16-12-11-15(2)17(18)14-16/h11-12,14,19H,3-10,13,18H2,1-2H3. The lowest BCUT2D eigenvalue weighted by Gasteiger charge is -2.08. The molecular formula is C17H30N2. The highest BCUT2D eigenvalue weighted by atomic mass is 14.9. The lowest BCUT2D eigenvalue weighted by atomic mass is 10.1. The molecule has 0 aliphatic rings. The van der Waals surface area contributed by atoms with E-state index >= 15 is 0 Å². The van der Waals surface area contributed by atoms with Crippen molar-refractivity contribution in [3.05, 3.63) is 23.8 Å². The van der Waals surface area contributed by atoms with Gasteiger partial charge in [0.05, 0.1) is 0 Å². The fourth-order valence-electron chi connectivity index (χ4n) is 2.24. The van der Waals surface area contributed by atoms with Gasteiger partial charge in [0, 0.05) is 17.9 Å². The molecule has 0 atom stereocenters. The van der Waals surface area contributed by atoms with Crippen LogP contribution in [0, 0.1) is 6.92 Å². The predicted octanol–water partition coefficient (Wildman–Crippen LogP) is 5.13. The molecule has 0 fully saturated rings. The summed E-state index contributed by atoms with van der Waals surface area (Å²) < 4.78 is 0. The Morgan fingerprint density at radius 3 is 2.21 bits per heavy atom. The second kappa shape index (κ2) is 9.71. The van der Waals surface area contributed by atoms with E-state index in [1.165, 1.54) is 51.4 Å². The molecule has 0 unspecified atom stereocenters. The maximum absolute atomic E-state index is 5.89. The Hall–Kier alpha value is -1.18. The van der Waals surface area contributed by atoms with E-state index in [0.717, 1.165) is 23.5 Å². The summed E-state index contributed by atoms with van der Waals surface area (Å²) in [5.74, 6) is 0. The van der Waals surface area contributed by atoms with Crippen LogP contribution in [0.2, 0.25) is 0 Å². The molecule has 1 rings (SSSR count). The number of rotatable bonds is 10. The second-order valence-corrected chi connectivity index (χ2v) is 5.47. The molecule has 0 heterocycles. The summed E-state index contributed by atoms with van der Waals surface area (Å²) in [6.45, 7) is 5.36. The minimum atomic E-state index is 0.876. The van der Waals surface area contributed by atoms with E-state index in [1.54, 1.807) is 0 Å². The Balaban J connectivity index is 2.00. The number of nitrogens with one attached hydrogen (secondary N) is 1. The number of nitrogens with two attached hydrogens (primary N) is 1. The van der Waals surface area contributed by atoms with Crippen molar-refractivity contribution < 1.29 is 0 Å². The van der Waals surface area contributed by atoms with Crippen LogP contribution in [0.3, 0.4) is 0 Å².